The summed E-state index contributed by atoms with van der Waals surface area (Å²) in [5.74, 6) is 1.57. The monoisotopic (exact) mass is 297 g/mol. The van der Waals surface area contributed by atoms with Crippen LogP contribution in [0.5, 0.6) is 0 Å². The van der Waals surface area contributed by atoms with Crippen molar-refractivity contribution in [2.24, 2.45) is 0 Å². The van der Waals surface area contributed by atoms with Crippen LogP contribution in [0.4, 0.5) is 0 Å². The lowest BCUT2D eigenvalue weighted by atomic mass is 10.2. The van der Waals surface area contributed by atoms with Crippen molar-refractivity contribution in [3.05, 3.63) is 42.1 Å². The molecule has 1 aromatic carbocycles. The second-order valence-electron chi connectivity index (χ2n) is 4.33. The fraction of sp³-hybridized carbons (Fsp3) is 0.308. The molecular weight excluding hydrogens is 281 g/mol. The normalized spacial score (nSPS) is 11.9. The summed E-state index contributed by atoms with van der Waals surface area (Å²) in [6, 6.07) is 10.1. The van der Waals surface area contributed by atoms with E-state index in [0.29, 0.717) is 6.42 Å². The van der Waals surface area contributed by atoms with E-state index in [4.69, 9.17) is 9.79 Å². The Hall–Kier alpha value is -0.870. The van der Waals surface area contributed by atoms with Gasteiger partial charge in [-0.1, -0.05) is 18.2 Å². The average molecular weight is 297 g/mol. The fourth-order valence-corrected chi connectivity index (χ4v) is 3.43. The van der Waals surface area contributed by atoms with Gasteiger partial charge in [0.05, 0.1) is 11.7 Å². The Bertz CT molecular complexity index is 599. The third-order valence-electron chi connectivity index (χ3n) is 2.65. The Morgan fingerprint density at radius 2 is 2.05 bits per heavy atom. The van der Waals surface area contributed by atoms with Crippen molar-refractivity contribution in [2.75, 3.05) is 11.9 Å². The van der Waals surface area contributed by atoms with Crippen molar-refractivity contribution in [2.45, 2.75) is 12.2 Å². The van der Waals surface area contributed by atoms with Crippen molar-refractivity contribution in [3.8, 4) is 0 Å². The molecule has 0 unspecified atom stereocenters. The molecule has 0 spiro atoms. The van der Waals surface area contributed by atoms with E-state index in [1.807, 2.05) is 30.5 Å². The molecule has 2 aromatic rings. The van der Waals surface area contributed by atoms with Gasteiger partial charge in [-0.2, -0.15) is 11.8 Å². The van der Waals surface area contributed by atoms with Gasteiger partial charge in [0.1, 0.15) is 0 Å². The van der Waals surface area contributed by atoms with Crippen LogP contribution in [0, 0.1) is 0 Å². The predicted molar refractivity (Wildman–Crippen MR) is 79.4 cm³/mol. The van der Waals surface area contributed by atoms with Crippen LogP contribution in [0.2, 0.25) is 0 Å². The topological polar surface area (TPSA) is 70.4 Å². The van der Waals surface area contributed by atoms with E-state index in [2.05, 4.69) is 11.1 Å². The second-order valence-corrected chi connectivity index (χ2v) is 7.21. The maximum atomic E-state index is 10.7. The lowest BCUT2D eigenvalue weighted by molar-refractivity contribution is 0.372. The van der Waals surface area contributed by atoms with E-state index in [0.717, 1.165) is 28.0 Å². The smallest absolute Gasteiger partial charge is 0.324 e. The van der Waals surface area contributed by atoms with E-state index in [9.17, 15) is 4.57 Å². The molecule has 102 valence electrons. The van der Waals surface area contributed by atoms with Crippen molar-refractivity contribution < 1.29 is 14.4 Å². The zero-order valence-electron chi connectivity index (χ0n) is 10.4. The van der Waals surface area contributed by atoms with Crippen molar-refractivity contribution in [1.29, 1.82) is 0 Å². The lowest BCUT2D eigenvalue weighted by Crippen LogP contribution is -1.91. The van der Waals surface area contributed by atoms with Crippen LogP contribution in [-0.4, -0.2) is 26.7 Å². The van der Waals surface area contributed by atoms with Gasteiger partial charge in [0.25, 0.3) is 0 Å². The number of para-hydroxylation sites is 1. The van der Waals surface area contributed by atoms with Gasteiger partial charge in [0.15, 0.2) is 0 Å². The van der Waals surface area contributed by atoms with Gasteiger partial charge in [0, 0.05) is 17.3 Å². The molecule has 0 aliphatic rings. The molecular formula is C13H16NO3PS. The van der Waals surface area contributed by atoms with E-state index < -0.39 is 7.60 Å². The SMILES string of the molecule is O=P(O)(O)CCCSCc1cnc2ccccc2c1. The Labute approximate surface area is 116 Å². The Morgan fingerprint density at radius 3 is 2.84 bits per heavy atom. The van der Waals surface area contributed by atoms with Crippen molar-refractivity contribution in [1.82, 2.24) is 4.98 Å². The third-order valence-corrected chi connectivity index (χ3v) is 4.67. The maximum absolute atomic E-state index is 10.7. The quantitative estimate of drug-likeness (QED) is 0.633. The largest absolute Gasteiger partial charge is 0.325 e. The summed E-state index contributed by atoms with van der Waals surface area (Å²) < 4.78 is 10.7. The van der Waals surface area contributed by atoms with Crippen LogP contribution in [0.1, 0.15) is 12.0 Å². The van der Waals surface area contributed by atoms with Crippen LogP contribution < -0.4 is 0 Å². The molecule has 0 atom stereocenters. The minimum Gasteiger partial charge on any atom is -0.324 e. The molecule has 1 heterocycles. The molecule has 6 heteroatoms. The molecule has 4 nitrogen and oxygen atoms in total. The van der Waals surface area contributed by atoms with E-state index in [1.54, 1.807) is 11.8 Å². The van der Waals surface area contributed by atoms with E-state index in [1.165, 1.54) is 0 Å². The molecule has 1 aromatic heterocycles. The standard InChI is InChI=1S/C13H16NO3PS/c15-18(16,17)6-3-7-19-10-11-8-12-4-1-2-5-13(12)14-9-11/h1-2,4-5,8-9H,3,6-7,10H2,(H2,15,16,17). The first-order valence-corrected chi connectivity index (χ1v) is 8.96. The van der Waals surface area contributed by atoms with Gasteiger partial charge in [-0.05, 0) is 29.9 Å². The minimum absolute atomic E-state index is 0.0318. The Kier molecular flexibility index (Phi) is 4.99. The Morgan fingerprint density at radius 1 is 1.26 bits per heavy atom. The molecule has 0 fully saturated rings. The van der Waals surface area contributed by atoms with E-state index >= 15 is 0 Å². The van der Waals surface area contributed by atoms with Crippen LogP contribution in [0.15, 0.2) is 36.5 Å². The Balaban J connectivity index is 1.83. The highest BCUT2D eigenvalue weighted by Crippen LogP contribution is 2.35. The first-order valence-electron chi connectivity index (χ1n) is 6.00. The highest BCUT2D eigenvalue weighted by atomic mass is 32.2. The highest BCUT2D eigenvalue weighted by molar-refractivity contribution is 7.98. The number of pyridine rings is 1. The number of nitrogens with zero attached hydrogens (tertiary/aromatic N) is 1. The minimum atomic E-state index is -3.84. The van der Waals surface area contributed by atoms with Crippen LogP contribution in [0.25, 0.3) is 10.9 Å². The van der Waals surface area contributed by atoms with Crippen LogP contribution in [0.3, 0.4) is 0 Å². The predicted octanol–water partition coefficient (Wildman–Crippen LogP) is 3.04. The first-order chi connectivity index (χ1) is 9.04. The van der Waals surface area contributed by atoms with Crippen molar-refractivity contribution in [3.63, 3.8) is 0 Å². The number of benzene rings is 1. The van der Waals surface area contributed by atoms with Crippen LogP contribution >= 0.6 is 19.4 Å². The van der Waals surface area contributed by atoms with Gasteiger partial charge in [-0.3, -0.25) is 9.55 Å². The molecule has 19 heavy (non-hydrogen) atoms. The van der Waals surface area contributed by atoms with E-state index in [-0.39, 0.29) is 6.16 Å². The number of hydrogen-bond donors (Lipinski definition) is 2. The first kappa shape index (κ1) is 14.5. The summed E-state index contributed by atoms with van der Waals surface area (Å²) in [7, 11) is -3.84. The molecule has 0 amide bonds. The number of hydrogen-bond acceptors (Lipinski definition) is 3. The zero-order valence-corrected chi connectivity index (χ0v) is 12.1. The molecule has 2 N–H and O–H groups in total. The number of thioether (sulfide) groups is 1. The van der Waals surface area contributed by atoms with Gasteiger partial charge >= 0.3 is 7.60 Å². The van der Waals surface area contributed by atoms with Gasteiger partial charge in [-0.15, -0.1) is 0 Å². The van der Waals surface area contributed by atoms with Gasteiger partial charge in [0.2, 0.25) is 0 Å². The summed E-state index contributed by atoms with van der Waals surface area (Å²) in [6.45, 7) is 0. The summed E-state index contributed by atoms with van der Waals surface area (Å²) in [4.78, 5) is 21.9. The molecule has 0 radical (unpaired) electrons. The number of rotatable bonds is 6. The lowest BCUT2D eigenvalue weighted by Gasteiger charge is -2.05. The van der Waals surface area contributed by atoms with Crippen molar-refractivity contribution >= 4 is 30.3 Å². The maximum Gasteiger partial charge on any atom is 0.325 e. The molecule has 2 rings (SSSR count). The second kappa shape index (κ2) is 6.53. The number of aromatic nitrogens is 1. The molecule has 0 aliphatic heterocycles. The summed E-state index contributed by atoms with van der Waals surface area (Å²) >= 11 is 1.67. The zero-order chi connectivity index (χ0) is 13.7. The molecule has 0 bridgehead atoms. The summed E-state index contributed by atoms with van der Waals surface area (Å²) in [5, 5.41) is 1.12. The average Bonchev–Trinajstić information content (AvgIpc) is 2.37. The van der Waals surface area contributed by atoms with Gasteiger partial charge < -0.3 is 9.79 Å². The number of fused-ring (bicyclic) bond motifs is 1. The fourth-order valence-electron chi connectivity index (χ4n) is 1.76. The van der Waals surface area contributed by atoms with Crippen LogP contribution in [-0.2, 0) is 10.3 Å². The third kappa shape index (κ3) is 4.96. The summed E-state index contributed by atoms with van der Waals surface area (Å²) in [6.07, 6.45) is 2.37. The molecule has 0 saturated carbocycles. The summed E-state index contributed by atoms with van der Waals surface area (Å²) in [5.41, 5.74) is 2.12. The molecule has 0 saturated heterocycles. The highest BCUT2D eigenvalue weighted by Gasteiger charge is 2.11. The van der Waals surface area contributed by atoms with Gasteiger partial charge in [-0.25, -0.2) is 0 Å². The molecule has 0 aliphatic carbocycles.